The van der Waals surface area contributed by atoms with Gasteiger partial charge in [-0.1, -0.05) is 57.0 Å². The second kappa shape index (κ2) is 14.3. The van der Waals surface area contributed by atoms with Gasteiger partial charge in [-0.05, 0) is 18.4 Å². The molecule has 1 aromatic rings. The van der Waals surface area contributed by atoms with Crippen LogP contribution in [0.25, 0.3) is 0 Å². The zero-order chi connectivity index (χ0) is 25.7. The van der Waals surface area contributed by atoms with Crippen molar-refractivity contribution in [2.75, 3.05) is 5.75 Å². The summed E-state index contributed by atoms with van der Waals surface area (Å²) in [6, 6.07) is 7.35. The van der Waals surface area contributed by atoms with E-state index in [1.54, 1.807) is 24.3 Å². The number of nitrogens with one attached hydrogen (secondary N) is 1. The lowest BCUT2D eigenvalue weighted by atomic mass is 10.2. The summed E-state index contributed by atoms with van der Waals surface area (Å²) >= 11 is 0. The van der Waals surface area contributed by atoms with Gasteiger partial charge in [0.25, 0.3) is 0 Å². The molecule has 1 unspecified atom stereocenters. The number of alkyl carbamates (subject to hydrolysis) is 1. The first-order valence-corrected chi connectivity index (χ1v) is 11.7. The molecule has 1 amide bonds. The van der Waals surface area contributed by atoms with Crippen LogP contribution in [0.5, 0.6) is 0 Å². The van der Waals surface area contributed by atoms with Crippen LogP contribution in [0.1, 0.15) is 45.1 Å². The fourth-order valence-electron chi connectivity index (χ4n) is 2.60. The summed E-state index contributed by atoms with van der Waals surface area (Å²) < 4.78 is 61.8. The van der Waals surface area contributed by atoms with E-state index in [1.807, 2.05) is 19.9 Å². The third kappa shape index (κ3) is 12.7. The van der Waals surface area contributed by atoms with Gasteiger partial charge in [-0.3, -0.25) is 0 Å². The van der Waals surface area contributed by atoms with Crippen LogP contribution in [0, 0.1) is 0 Å². The lowest BCUT2D eigenvalue weighted by Crippen LogP contribution is -2.47. The first-order valence-electron chi connectivity index (χ1n) is 9.96. The Morgan fingerprint density at radius 3 is 1.91 bits per heavy atom. The highest BCUT2D eigenvalue weighted by molar-refractivity contribution is 7.92. The predicted octanol–water partition coefficient (Wildman–Crippen LogP) is 3.38. The summed E-state index contributed by atoms with van der Waals surface area (Å²) in [5.41, 5.74) is 0.744. The van der Waals surface area contributed by atoms with Gasteiger partial charge in [0.15, 0.2) is 9.84 Å². The second-order valence-electron chi connectivity index (χ2n) is 6.93. The maximum absolute atomic E-state index is 12.5. The summed E-state index contributed by atoms with van der Waals surface area (Å²) in [6.07, 6.45) is -3.72. The number of alkyl halides is 3. The van der Waals surface area contributed by atoms with Crippen molar-refractivity contribution in [1.82, 2.24) is 5.32 Å². The minimum atomic E-state index is -5.08. The van der Waals surface area contributed by atoms with Gasteiger partial charge in [-0.15, -0.1) is 0 Å². The molecule has 0 aliphatic rings. The number of sulfone groups is 1. The number of carbonyl (C=O) groups excluding carboxylic acids is 1. The number of benzene rings is 1. The van der Waals surface area contributed by atoms with Crippen LogP contribution in [0.15, 0.2) is 30.3 Å². The van der Waals surface area contributed by atoms with Gasteiger partial charge in [-0.2, -0.15) is 13.2 Å². The molecular weight excluding hydrogens is 471 g/mol. The summed E-state index contributed by atoms with van der Waals surface area (Å²) in [4.78, 5) is 32.1. The van der Waals surface area contributed by atoms with Crippen LogP contribution in [-0.2, 0) is 30.8 Å². The van der Waals surface area contributed by atoms with Gasteiger partial charge in [-0.25, -0.2) is 22.8 Å². The molecule has 188 valence electrons. The van der Waals surface area contributed by atoms with Crippen molar-refractivity contribution < 1.29 is 50.9 Å². The molecule has 33 heavy (non-hydrogen) atoms. The number of halogens is 3. The largest absolute Gasteiger partial charge is 0.490 e. The number of carboxylic acid groups (broad SMARTS) is 2. The first-order chi connectivity index (χ1) is 15.2. The first kappa shape index (κ1) is 30.2. The summed E-state index contributed by atoms with van der Waals surface area (Å²) in [6.45, 7) is 3.73. The van der Waals surface area contributed by atoms with Crippen LogP contribution in [-0.4, -0.2) is 59.9 Å². The molecule has 0 bridgehead atoms. The molecule has 0 heterocycles. The van der Waals surface area contributed by atoms with E-state index in [2.05, 4.69) is 5.32 Å². The predicted molar refractivity (Wildman–Crippen MR) is 112 cm³/mol. The highest BCUT2D eigenvalue weighted by Gasteiger charge is 2.38. The number of hydrogen-bond donors (Lipinski definition) is 3. The van der Waals surface area contributed by atoms with Gasteiger partial charge in [0, 0.05) is 0 Å². The Morgan fingerprint density at radius 1 is 1.03 bits per heavy atom. The lowest BCUT2D eigenvalue weighted by molar-refractivity contribution is -0.192. The fraction of sp³-hybridized carbons (Fsp3) is 0.550. The Labute approximate surface area is 189 Å². The number of aliphatic carboxylic acids is 2. The molecular formula is C20H28F3NO8S. The zero-order valence-electron chi connectivity index (χ0n) is 18.2. The molecule has 0 fully saturated rings. The van der Waals surface area contributed by atoms with Crippen molar-refractivity contribution in [2.24, 2.45) is 0 Å². The molecule has 9 nitrogen and oxygen atoms in total. The van der Waals surface area contributed by atoms with Crippen molar-refractivity contribution in [3.8, 4) is 0 Å². The summed E-state index contributed by atoms with van der Waals surface area (Å²) in [7, 11) is -3.65. The Morgan fingerprint density at radius 2 is 1.52 bits per heavy atom. The molecule has 1 rings (SSSR count). The Kier molecular flexibility index (Phi) is 13.1. The van der Waals surface area contributed by atoms with Crippen molar-refractivity contribution in [3.05, 3.63) is 35.9 Å². The SMILES string of the molecule is CCCC(CCC)S(=O)(=O)CC(NC(=O)OCc1ccccc1)C(=O)O.O=C(O)C(F)(F)F. The topological polar surface area (TPSA) is 147 Å². The molecule has 1 aromatic carbocycles. The van der Waals surface area contributed by atoms with Crippen molar-refractivity contribution in [1.29, 1.82) is 0 Å². The van der Waals surface area contributed by atoms with Crippen LogP contribution in [0.4, 0.5) is 18.0 Å². The monoisotopic (exact) mass is 499 g/mol. The molecule has 13 heteroatoms. The average molecular weight is 500 g/mol. The molecule has 0 saturated heterocycles. The van der Waals surface area contributed by atoms with Crippen LogP contribution < -0.4 is 5.32 Å². The van der Waals surface area contributed by atoms with E-state index in [9.17, 15) is 36.3 Å². The molecule has 3 N–H and O–H groups in total. The van der Waals surface area contributed by atoms with Gasteiger partial charge >= 0.3 is 24.2 Å². The quantitative estimate of drug-likeness (QED) is 0.420. The van der Waals surface area contributed by atoms with E-state index in [-0.39, 0.29) is 6.61 Å². The number of ether oxygens (including phenoxy) is 1. The van der Waals surface area contributed by atoms with E-state index in [4.69, 9.17) is 14.6 Å². The van der Waals surface area contributed by atoms with E-state index < -0.39 is 51.1 Å². The van der Waals surface area contributed by atoms with Crippen molar-refractivity contribution in [3.63, 3.8) is 0 Å². The number of rotatable bonds is 11. The molecule has 0 aliphatic heterocycles. The lowest BCUT2D eigenvalue weighted by Gasteiger charge is -2.20. The van der Waals surface area contributed by atoms with Crippen LogP contribution in [0.3, 0.4) is 0 Å². The standard InChI is InChI=1S/C18H27NO6S.C2HF3O2/c1-3-8-15(9-4-2)26(23,24)13-16(17(20)21)19-18(22)25-12-14-10-6-5-7-11-14;3-2(4,5)1(6)7/h5-7,10-11,15-16H,3-4,8-9,12-13H2,1-2H3,(H,19,22)(H,20,21);(H,6,7). The van der Waals surface area contributed by atoms with E-state index >= 15 is 0 Å². The molecule has 0 saturated carbocycles. The zero-order valence-corrected chi connectivity index (χ0v) is 19.0. The maximum Gasteiger partial charge on any atom is 0.490 e. The van der Waals surface area contributed by atoms with Gasteiger partial charge in [0.1, 0.15) is 12.6 Å². The molecule has 0 radical (unpaired) electrons. The Balaban J connectivity index is 0.00000126. The van der Waals surface area contributed by atoms with Crippen molar-refractivity contribution >= 4 is 27.9 Å². The third-order valence-electron chi connectivity index (χ3n) is 4.17. The normalized spacial score (nSPS) is 12.3. The highest BCUT2D eigenvalue weighted by atomic mass is 32.2. The van der Waals surface area contributed by atoms with Crippen LogP contribution in [0.2, 0.25) is 0 Å². The number of carboxylic acids is 2. The Hall–Kier alpha value is -2.83. The van der Waals surface area contributed by atoms with E-state index in [0.29, 0.717) is 25.7 Å². The van der Waals surface area contributed by atoms with Gasteiger partial charge in [0.2, 0.25) is 0 Å². The number of carbonyl (C=O) groups is 3. The Bertz CT molecular complexity index is 854. The van der Waals surface area contributed by atoms with Crippen LogP contribution >= 0.6 is 0 Å². The molecule has 0 spiro atoms. The smallest absolute Gasteiger partial charge is 0.480 e. The highest BCUT2D eigenvalue weighted by Crippen LogP contribution is 2.17. The maximum atomic E-state index is 12.5. The molecule has 1 atom stereocenters. The van der Waals surface area contributed by atoms with E-state index in [1.165, 1.54) is 0 Å². The molecule has 0 aliphatic carbocycles. The van der Waals surface area contributed by atoms with Gasteiger partial charge < -0.3 is 20.3 Å². The summed E-state index contributed by atoms with van der Waals surface area (Å²) in [5.74, 6) is -4.81. The molecule has 0 aromatic heterocycles. The average Bonchev–Trinajstić information content (AvgIpc) is 2.72. The summed E-state index contributed by atoms with van der Waals surface area (Å²) in [5, 5.41) is 17.9. The third-order valence-corrected chi connectivity index (χ3v) is 6.46. The van der Waals surface area contributed by atoms with Crippen molar-refractivity contribution in [2.45, 2.75) is 63.6 Å². The minimum absolute atomic E-state index is 0.0277. The minimum Gasteiger partial charge on any atom is -0.480 e. The fourth-order valence-corrected chi connectivity index (χ4v) is 4.75. The number of hydrogen-bond acceptors (Lipinski definition) is 6. The van der Waals surface area contributed by atoms with E-state index in [0.717, 1.165) is 5.56 Å². The second-order valence-corrected chi connectivity index (χ2v) is 9.25. The number of amides is 1. The van der Waals surface area contributed by atoms with Gasteiger partial charge in [0.05, 0.1) is 11.0 Å².